The molecule has 0 N–H and O–H groups in total. The highest BCUT2D eigenvalue weighted by molar-refractivity contribution is 5.59. The Morgan fingerprint density at radius 3 is 2.30 bits per heavy atom. The second kappa shape index (κ2) is 6.22. The van der Waals surface area contributed by atoms with Gasteiger partial charge in [-0.1, -0.05) is 43.9 Å². The van der Waals surface area contributed by atoms with Gasteiger partial charge in [-0.25, -0.2) is 0 Å². The molecule has 1 aliphatic heterocycles. The van der Waals surface area contributed by atoms with Crippen molar-refractivity contribution in [3.05, 3.63) is 41.2 Å². The zero-order valence-corrected chi connectivity index (χ0v) is 14.6. The molecule has 2 fully saturated rings. The van der Waals surface area contributed by atoms with Gasteiger partial charge in [0, 0.05) is 29.0 Å². The molecule has 23 heavy (non-hydrogen) atoms. The van der Waals surface area contributed by atoms with E-state index in [0.29, 0.717) is 12.0 Å². The van der Waals surface area contributed by atoms with Crippen LogP contribution in [0.15, 0.2) is 35.7 Å². The first-order chi connectivity index (χ1) is 11.7. The summed E-state index contributed by atoms with van der Waals surface area (Å²) < 4.78 is 9.08. The minimum atomic E-state index is -0.287. The number of hydrogen-bond donors (Lipinski definition) is 0. The monoisotopic (exact) mass is 311 g/mol. The maximum atomic E-state index is 9.08. The molecule has 1 atom stereocenters. The average molecular weight is 311 g/mol. The Bertz CT molecular complexity index is 626. The van der Waals surface area contributed by atoms with E-state index in [0.717, 1.165) is 0 Å². The maximum Gasteiger partial charge on any atom is 0.0949 e. The van der Waals surface area contributed by atoms with E-state index < -0.39 is 0 Å². The van der Waals surface area contributed by atoms with E-state index >= 15 is 0 Å². The van der Waals surface area contributed by atoms with E-state index in [1.807, 2.05) is 0 Å². The summed E-state index contributed by atoms with van der Waals surface area (Å²) >= 11 is 0. The molecule has 0 spiro atoms. The third kappa shape index (κ3) is 2.66. The second-order valence-electron chi connectivity index (χ2n) is 7.57. The summed E-state index contributed by atoms with van der Waals surface area (Å²) in [6.45, 7) is 4.14. The van der Waals surface area contributed by atoms with Crippen LogP contribution in [0, 0.1) is 12.8 Å². The van der Waals surface area contributed by atoms with Crippen molar-refractivity contribution in [2.45, 2.75) is 71.3 Å². The molecule has 3 aliphatic rings. The smallest absolute Gasteiger partial charge is 0.0949 e. The quantitative estimate of drug-likeness (QED) is 0.733. The van der Waals surface area contributed by atoms with Crippen molar-refractivity contribution in [2.24, 2.45) is 5.92 Å². The van der Waals surface area contributed by atoms with Crippen LogP contribution in [0.4, 0.5) is 5.69 Å². The zero-order valence-electron chi connectivity index (χ0n) is 15.6. The van der Waals surface area contributed by atoms with Crippen LogP contribution in [-0.2, 0) is 0 Å². The molecule has 0 aromatic heterocycles. The molecule has 0 bridgehead atoms. The molecule has 1 heterocycles. The highest BCUT2D eigenvalue weighted by atomic mass is 15.4. The van der Waals surface area contributed by atoms with Crippen LogP contribution in [0.2, 0.25) is 0 Å². The second-order valence-corrected chi connectivity index (χ2v) is 7.57. The highest BCUT2D eigenvalue weighted by Gasteiger charge is 2.37. The molecule has 124 valence electrons. The molecular weight excluding hydrogens is 280 g/mol. The normalized spacial score (nSPS) is 27.4. The minimum Gasteiger partial charge on any atom is -0.352 e. The number of allylic oxidation sites excluding steroid dienone is 2. The Balaban J connectivity index is 1.76. The Hall–Kier alpha value is -1.44. The standard InChI is InChI=1S/C21H30N2/c1-16-9-3-8-14-20(16)22-15-23(19-12-6-7-13-19)21(17(22)2)18-10-4-5-11-18/h3,8-9,14,18-19H,4-7,10-13,15H2,1-2H3/i15D. The van der Waals surface area contributed by atoms with Crippen molar-refractivity contribution < 1.29 is 1.37 Å². The predicted octanol–water partition coefficient (Wildman–Crippen LogP) is 5.44. The lowest BCUT2D eigenvalue weighted by molar-refractivity contribution is 0.249. The third-order valence-corrected chi connectivity index (χ3v) is 6.09. The number of rotatable bonds is 3. The largest absolute Gasteiger partial charge is 0.352 e. The molecule has 2 heteroatoms. The van der Waals surface area contributed by atoms with Gasteiger partial charge in [0.15, 0.2) is 0 Å². The number of hydrogen-bond acceptors (Lipinski definition) is 2. The topological polar surface area (TPSA) is 6.48 Å². The van der Waals surface area contributed by atoms with Gasteiger partial charge in [-0.05, 0) is 51.2 Å². The number of nitrogens with zero attached hydrogens (tertiary/aromatic N) is 2. The third-order valence-electron chi connectivity index (χ3n) is 6.09. The molecule has 4 rings (SSSR count). The van der Waals surface area contributed by atoms with Gasteiger partial charge in [-0.2, -0.15) is 0 Å². The summed E-state index contributed by atoms with van der Waals surface area (Å²) in [5, 5.41) is 0. The van der Waals surface area contributed by atoms with Crippen LogP contribution in [-0.4, -0.2) is 17.6 Å². The van der Waals surface area contributed by atoms with E-state index in [1.54, 1.807) is 0 Å². The number of para-hydroxylation sites is 1. The van der Waals surface area contributed by atoms with Crippen molar-refractivity contribution in [2.75, 3.05) is 11.5 Å². The fraction of sp³-hybridized carbons (Fsp3) is 0.619. The van der Waals surface area contributed by atoms with Gasteiger partial charge in [-0.15, -0.1) is 0 Å². The molecule has 1 aromatic carbocycles. The van der Waals surface area contributed by atoms with Crippen molar-refractivity contribution in [3.63, 3.8) is 0 Å². The first-order valence-electron chi connectivity index (χ1n) is 10.0. The van der Waals surface area contributed by atoms with E-state index in [4.69, 9.17) is 1.37 Å². The SMILES string of the molecule is [2H]C1N(c2ccccc2C)C(C)=C(C2CCCC2)N1C1CCCC1. The first kappa shape index (κ1) is 13.9. The molecule has 1 unspecified atom stereocenters. The lowest BCUT2D eigenvalue weighted by atomic mass is 10.00. The minimum absolute atomic E-state index is 0.287. The average Bonchev–Trinajstić information content (AvgIpc) is 3.30. The van der Waals surface area contributed by atoms with E-state index in [-0.39, 0.29) is 6.64 Å². The summed E-state index contributed by atoms with van der Waals surface area (Å²) in [4.78, 5) is 4.80. The van der Waals surface area contributed by atoms with E-state index in [9.17, 15) is 0 Å². The van der Waals surface area contributed by atoms with Crippen LogP contribution in [0.1, 0.15) is 65.2 Å². The van der Waals surface area contributed by atoms with Crippen molar-refractivity contribution in [1.82, 2.24) is 4.90 Å². The number of aryl methyl sites for hydroxylation is 1. The van der Waals surface area contributed by atoms with E-state index in [1.165, 1.54) is 74.0 Å². The molecule has 2 aliphatic carbocycles. The van der Waals surface area contributed by atoms with Gasteiger partial charge < -0.3 is 9.80 Å². The zero-order chi connectivity index (χ0) is 16.7. The van der Waals surface area contributed by atoms with E-state index in [2.05, 4.69) is 47.9 Å². The molecule has 2 saturated carbocycles. The fourth-order valence-corrected chi connectivity index (χ4v) is 4.84. The van der Waals surface area contributed by atoms with Gasteiger partial charge in [0.25, 0.3) is 0 Å². The molecule has 1 aromatic rings. The van der Waals surface area contributed by atoms with Gasteiger partial charge in [0.1, 0.15) is 0 Å². The Morgan fingerprint density at radius 2 is 1.61 bits per heavy atom. The van der Waals surface area contributed by atoms with Crippen molar-refractivity contribution >= 4 is 5.69 Å². The lowest BCUT2D eigenvalue weighted by Crippen LogP contribution is -2.36. The maximum absolute atomic E-state index is 9.08. The summed E-state index contributed by atoms with van der Waals surface area (Å²) in [5.74, 6) is 0.674. The Morgan fingerprint density at radius 1 is 0.957 bits per heavy atom. The van der Waals surface area contributed by atoms with Gasteiger partial charge >= 0.3 is 0 Å². The summed E-state index contributed by atoms with van der Waals surface area (Å²) in [6.07, 6.45) is 10.5. The summed E-state index contributed by atoms with van der Waals surface area (Å²) in [7, 11) is 0. The molecule has 0 saturated heterocycles. The first-order valence-corrected chi connectivity index (χ1v) is 9.44. The van der Waals surface area contributed by atoms with Crippen LogP contribution in [0.5, 0.6) is 0 Å². The summed E-state index contributed by atoms with van der Waals surface area (Å²) in [5.41, 5.74) is 5.32. The molecule has 0 radical (unpaired) electrons. The number of benzene rings is 1. The highest BCUT2D eigenvalue weighted by Crippen LogP contribution is 2.43. The van der Waals surface area contributed by atoms with Crippen LogP contribution < -0.4 is 4.90 Å². The van der Waals surface area contributed by atoms with Crippen LogP contribution in [0.25, 0.3) is 0 Å². The Labute approximate surface area is 142 Å². The molecular formula is C21H30N2. The number of anilines is 1. The van der Waals surface area contributed by atoms with Crippen molar-refractivity contribution in [3.8, 4) is 0 Å². The molecule has 2 nitrogen and oxygen atoms in total. The van der Waals surface area contributed by atoms with Crippen LogP contribution >= 0.6 is 0 Å². The van der Waals surface area contributed by atoms with Crippen molar-refractivity contribution in [1.29, 1.82) is 0 Å². The molecule has 0 amide bonds. The predicted molar refractivity (Wildman–Crippen MR) is 97.3 cm³/mol. The van der Waals surface area contributed by atoms with Gasteiger partial charge in [0.05, 0.1) is 8.02 Å². The van der Waals surface area contributed by atoms with Gasteiger partial charge in [-0.3, -0.25) is 0 Å². The lowest BCUT2D eigenvalue weighted by Gasteiger charge is -2.32. The Kier molecular flexibility index (Phi) is 3.77. The van der Waals surface area contributed by atoms with Gasteiger partial charge in [0.2, 0.25) is 0 Å². The summed E-state index contributed by atoms with van der Waals surface area (Å²) in [6, 6.07) is 9.13. The van der Waals surface area contributed by atoms with Crippen LogP contribution in [0.3, 0.4) is 0 Å². The fourth-order valence-electron chi connectivity index (χ4n) is 4.84.